The average Bonchev–Trinajstić information content (AvgIpc) is 3.08. The number of benzene rings is 1. The minimum absolute atomic E-state index is 0.841. The van der Waals surface area contributed by atoms with Crippen molar-refractivity contribution in [3.63, 3.8) is 0 Å². The van der Waals surface area contributed by atoms with Crippen molar-refractivity contribution < 1.29 is 4.74 Å². The van der Waals surface area contributed by atoms with Gasteiger partial charge < -0.3 is 4.74 Å². The van der Waals surface area contributed by atoms with Gasteiger partial charge in [-0.3, -0.25) is 0 Å². The Balaban J connectivity index is 1.81. The van der Waals surface area contributed by atoms with E-state index in [0.29, 0.717) is 0 Å². The van der Waals surface area contributed by atoms with E-state index in [9.17, 15) is 0 Å². The summed E-state index contributed by atoms with van der Waals surface area (Å²) in [6.07, 6.45) is 5.96. The predicted molar refractivity (Wildman–Crippen MR) is 84.6 cm³/mol. The Kier molecular flexibility index (Phi) is 3.96. The molecule has 0 aliphatic heterocycles. The Morgan fingerprint density at radius 3 is 2.71 bits per heavy atom. The maximum Gasteiger partial charge on any atom is 0.234 e. The molecule has 0 unspecified atom stereocenters. The van der Waals surface area contributed by atoms with Crippen molar-refractivity contribution in [2.45, 2.75) is 19.8 Å². The molecular weight excluding hydrogens is 284 g/mol. The standard InChI is InChI=1S/C15H16N4OS/c1-3-4-13-16-17-15-19(13)18-14(21-15)10-7-11-5-8-12(20-2)9-6-11/h5-10H,3-4H2,1-2H3/b10-7-. The summed E-state index contributed by atoms with van der Waals surface area (Å²) in [5.41, 5.74) is 1.11. The molecule has 0 amide bonds. The summed E-state index contributed by atoms with van der Waals surface area (Å²) in [7, 11) is 1.66. The van der Waals surface area contributed by atoms with Gasteiger partial charge in [0.05, 0.1) is 7.11 Å². The zero-order chi connectivity index (χ0) is 14.7. The monoisotopic (exact) mass is 300 g/mol. The Morgan fingerprint density at radius 1 is 1.19 bits per heavy atom. The number of ether oxygens (including phenoxy) is 1. The van der Waals surface area contributed by atoms with Crippen molar-refractivity contribution in [2.75, 3.05) is 7.11 Å². The second-order valence-corrected chi connectivity index (χ2v) is 5.59. The highest BCUT2D eigenvalue weighted by atomic mass is 32.1. The second-order valence-electron chi connectivity index (χ2n) is 4.61. The molecule has 0 spiro atoms. The number of hydrogen-bond donors (Lipinski definition) is 0. The van der Waals surface area contributed by atoms with Gasteiger partial charge in [-0.05, 0) is 30.2 Å². The first-order chi connectivity index (χ1) is 10.3. The lowest BCUT2D eigenvalue weighted by atomic mass is 10.2. The smallest absolute Gasteiger partial charge is 0.234 e. The number of aryl methyl sites for hydroxylation is 1. The molecule has 108 valence electrons. The fraction of sp³-hybridized carbons (Fsp3) is 0.267. The van der Waals surface area contributed by atoms with Gasteiger partial charge in [0.2, 0.25) is 4.96 Å². The van der Waals surface area contributed by atoms with Crippen LogP contribution in [0.3, 0.4) is 0 Å². The molecule has 0 fully saturated rings. The van der Waals surface area contributed by atoms with Gasteiger partial charge in [0, 0.05) is 6.42 Å². The highest BCUT2D eigenvalue weighted by Crippen LogP contribution is 2.18. The molecule has 21 heavy (non-hydrogen) atoms. The molecule has 0 atom stereocenters. The van der Waals surface area contributed by atoms with Crippen molar-refractivity contribution in [3.8, 4) is 5.75 Å². The minimum atomic E-state index is 0.841. The largest absolute Gasteiger partial charge is 0.497 e. The number of hydrogen-bond acceptors (Lipinski definition) is 5. The summed E-state index contributed by atoms with van der Waals surface area (Å²) >= 11 is 1.54. The van der Waals surface area contributed by atoms with E-state index in [1.165, 1.54) is 11.3 Å². The molecule has 2 aromatic heterocycles. The fourth-order valence-corrected chi connectivity index (χ4v) is 2.76. The third-order valence-corrected chi connectivity index (χ3v) is 3.94. The van der Waals surface area contributed by atoms with Gasteiger partial charge in [-0.1, -0.05) is 36.5 Å². The Bertz CT molecular complexity index is 758. The lowest BCUT2D eigenvalue weighted by molar-refractivity contribution is 0.415. The zero-order valence-electron chi connectivity index (χ0n) is 12.0. The molecule has 0 N–H and O–H groups in total. The van der Waals surface area contributed by atoms with Crippen LogP contribution >= 0.6 is 11.3 Å². The maximum absolute atomic E-state index is 5.14. The summed E-state index contributed by atoms with van der Waals surface area (Å²) in [6.45, 7) is 2.12. The molecular formula is C15H16N4OS. The van der Waals surface area contributed by atoms with Crippen molar-refractivity contribution in [3.05, 3.63) is 40.7 Å². The third-order valence-electron chi connectivity index (χ3n) is 3.08. The van der Waals surface area contributed by atoms with Crippen LogP contribution in [-0.2, 0) is 6.42 Å². The highest BCUT2D eigenvalue weighted by molar-refractivity contribution is 7.17. The summed E-state index contributed by atoms with van der Waals surface area (Å²) in [6, 6.07) is 7.91. The maximum atomic E-state index is 5.14. The van der Waals surface area contributed by atoms with E-state index in [2.05, 4.69) is 22.2 Å². The van der Waals surface area contributed by atoms with Crippen LogP contribution in [0.4, 0.5) is 0 Å². The van der Waals surface area contributed by atoms with Crippen LogP contribution < -0.4 is 4.74 Å². The molecule has 0 bridgehead atoms. The quantitative estimate of drug-likeness (QED) is 0.725. The van der Waals surface area contributed by atoms with Gasteiger partial charge in [0.15, 0.2) is 5.82 Å². The van der Waals surface area contributed by atoms with Gasteiger partial charge >= 0.3 is 0 Å². The lowest BCUT2D eigenvalue weighted by Crippen LogP contribution is -1.94. The average molecular weight is 300 g/mol. The lowest BCUT2D eigenvalue weighted by Gasteiger charge is -1.98. The molecule has 5 nitrogen and oxygen atoms in total. The first kappa shape index (κ1) is 13.8. The number of rotatable bonds is 5. The van der Waals surface area contributed by atoms with Crippen LogP contribution in [0, 0.1) is 0 Å². The Hall–Kier alpha value is -2.21. The second kappa shape index (κ2) is 6.05. The Labute approximate surface area is 126 Å². The van der Waals surface area contributed by atoms with Crippen LogP contribution in [0.5, 0.6) is 5.75 Å². The van der Waals surface area contributed by atoms with Gasteiger partial charge in [-0.15, -0.1) is 10.2 Å². The summed E-state index contributed by atoms with van der Waals surface area (Å²) < 4.78 is 6.98. The van der Waals surface area contributed by atoms with E-state index in [4.69, 9.17) is 4.74 Å². The normalized spacial score (nSPS) is 11.5. The minimum Gasteiger partial charge on any atom is -0.497 e. The number of aromatic nitrogens is 4. The molecule has 6 heteroatoms. The van der Waals surface area contributed by atoms with Crippen molar-refractivity contribution >= 4 is 28.4 Å². The van der Waals surface area contributed by atoms with Gasteiger partial charge in [0.1, 0.15) is 10.8 Å². The topological polar surface area (TPSA) is 52.3 Å². The number of nitrogens with zero attached hydrogens (tertiary/aromatic N) is 4. The van der Waals surface area contributed by atoms with E-state index in [1.54, 1.807) is 7.11 Å². The van der Waals surface area contributed by atoms with E-state index in [0.717, 1.165) is 39.9 Å². The van der Waals surface area contributed by atoms with E-state index in [-0.39, 0.29) is 0 Å². The van der Waals surface area contributed by atoms with E-state index in [1.807, 2.05) is 40.9 Å². The SMILES string of the molecule is CCCc1nnc2sc(/C=C\c3ccc(OC)cc3)nn12. The third kappa shape index (κ3) is 2.95. The first-order valence-electron chi connectivity index (χ1n) is 6.83. The van der Waals surface area contributed by atoms with Gasteiger partial charge in [-0.2, -0.15) is 9.61 Å². The Morgan fingerprint density at radius 2 is 2.00 bits per heavy atom. The first-order valence-corrected chi connectivity index (χ1v) is 7.65. The highest BCUT2D eigenvalue weighted by Gasteiger charge is 2.09. The molecule has 1 aromatic carbocycles. The number of fused-ring (bicyclic) bond motifs is 1. The summed E-state index contributed by atoms with van der Waals surface area (Å²) in [5, 5.41) is 13.8. The van der Waals surface area contributed by atoms with Crippen LogP contribution in [0.25, 0.3) is 17.1 Å². The van der Waals surface area contributed by atoms with E-state index < -0.39 is 0 Å². The van der Waals surface area contributed by atoms with Crippen molar-refractivity contribution in [1.29, 1.82) is 0 Å². The van der Waals surface area contributed by atoms with E-state index >= 15 is 0 Å². The fourth-order valence-electron chi connectivity index (χ4n) is 2.00. The van der Waals surface area contributed by atoms with Crippen molar-refractivity contribution in [2.24, 2.45) is 0 Å². The molecule has 2 heterocycles. The van der Waals surface area contributed by atoms with Crippen LogP contribution in [0.15, 0.2) is 24.3 Å². The molecule has 0 radical (unpaired) electrons. The van der Waals surface area contributed by atoms with Crippen LogP contribution in [-0.4, -0.2) is 26.9 Å². The van der Waals surface area contributed by atoms with Crippen molar-refractivity contribution in [1.82, 2.24) is 19.8 Å². The van der Waals surface area contributed by atoms with Crippen LogP contribution in [0.2, 0.25) is 0 Å². The molecule has 3 rings (SSSR count). The molecule has 0 saturated heterocycles. The summed E-state index contributed by atoms with van der Waals surface area (Å²) in [4.78, 5) is 0.841. The molecule has 3 aromatic rings. The predicted octanol–water partition coefficient (Wildman–Crippen LogP) is 3.32. The molecule has 0 aliphatic rings. The van der Waals surface area contributed by atoms with Gasteiger partial charge in [-0.25, -0.2) is 0 Å². The van der Waals surface area contributed by atoms with Crippen LogP contribution in [0.1, 0.15) is 29.7 Å². The summed E-state index contributed by atoms with van der Waals surface area (Å²) in [5.74, 6) is 1.78. The molecule has 0 saturated carbocycles. The zero-order valence-corrected chi connectivity index (χ0v) is 12.8. The molecule has 0 aliphatic carbocycles. The number of methoxy groups -OCH3 is 1. The van der Waals surface area contributed by atoms with Gasteiger partial charge in [0.25, 0.3) is 0 Å².